The maximum atomic E-state index is 14.8. The van der Waals surface area contributed by atoms with Crippen molar-refractivity contribution < 1.29 is 17.2 Å². The summed E-state index contributed by atoms with van der Waals surface area (Å²) in [6, 6.07) is 3.65. The molecule has 3 heterocycles. The summed E-state index contributed by atoms with van der Waals surface area (Å²) in [7, 11) is -4.08. The average Bonchev–Trinajstić information content (AvgIpc) is 3.23. The van der Waals surface area contributed by atoms with Crippen molar-refractivity contribution >= 4 is 21.4 Å². The lowest BCUT2D eigenvalue weighted by Gasteiger charge is -2.36. The van der Waals surface area contributed by atoms with E-state index in [9.17, 15) is 17.2 Å². The summed E-state index contributed by atoms with van der Waals surface area (Å²) in [6.07, 6.45) is 7.38. The number of nitrogens with zero attached hydrogens (tertiary/aromatic N) is 5. The molecule has 7 nitrogen and oxygen atoms in total. The smallest absolute Gasteiger partial charge is 0.187 e. The molecule has 0 saturated carbocycles. The Hall–Kier alpha value is -2.37. The third kappa shape index (κ3) is 4.52. The zero-order valence-electron chi connectivity index (χ0n) is 15.9. The van der Waals surface area contributed by atoms with Crippen LogP contribution in [0.2, 0.25) is 0 Å². The van der Waals surface area contributed by atoms with Crippen molar-refractivity contribution in [2.75, 3.05) is 6.54 Å². The quantitative estimate of drug-likeness (QED) is 0.568. The first kappa shape index (κ1) is 20.9. The van der Waals surface area contributed by atoms with Crippen LogP contribution in [0.5, 0.6) is 0 Å². The molecule has 1 aromatic carbocycles. The maximum Gasteiger partial charge on any atom is 0.187 e. The lowest BCUT2D eigenvalue weighted by atomic mass is 9.96. The van der Waals surface area contributed by atoms with Crippen LogP contribution in [0.25, 0.3) is 0 Å². The van der Waals surface area contributed by atoms with E-state index in [2.05, 4.69) is 24.5 Å². The van der Waals surface area contributed by atoms with Gasteiger partial charge < -0.3 is 0 Å². The summed E-state index contributed by atoms with van der Waals surface area (Å²) in [4.78, 5) is 5.21. The molecule has 2 aromatic heterocycles. The van der Waals surface area contributed by atoms with E-state index in [1.54, 1.807) is 12.4 Å². The molecule has 0 aliphatic carbocycles. The molecule has 0 radical (unpaired) electrons. The van der Waals surface area contributed by atoms with Gasteiger partial charge in [0, 0.05) is 24.3 Å². The van der Waals surface area contributed by atoms with E-state index in [1.807, 2.05) is 6.07 Å². The molecule has 1 atom stereocenters. The number of rotatable bonds is 6. The van der Waals surface area contributed by atoms with Crippen LogP contribution < -0.4 is 0 Å². The molecule has 4 rings (SSSR count). The Balaban J connectivity index is 1.58. The van der Waals surface area contributed by atoms with Gasteiger partial charge in [-0.05, 0) is 54.7 Å². The molecule has 0 spiro atoms. The molecule has 0 bridgehead atoms. The van der Waals surface area contributed by atoms with Crippen molar-refractivity contribution in [1.82, 2.24) is 24.5 Å². The number of sulfone groups is 1. The molecule has 30 heavy (non-hydrogen) atoms. The minimum atomic E-state index is -4.08. The van der Waals surface area contributed by atoms with Crippen LogP contribution in [0.3, 0.4) is 0 Å². The van der Waals surface area contributed by atoms with Gasteiger partial charge in [-0.3, -0.25) is 4.90 Å². The topological polar surface area (TPSA) is 88.9 Å². The Kier molecular flexibility index (Phi) is 6.11. The van der Waals surface area contributed by atoms with Crippen molar-refractivity contribution in [3.8, 4) is 0 Å². The molecular weight excluding hydrogens is 432 g/mol. The van der Waals surface area contributed by atoms with Crippen molar-refractivity contribution in [2.45, 2.75) is 42.5 Å². The number of likely N-dealkylation sites (tertiary alicyclic amines) is 1. The summed E-state index contributed by atoms with van der Waals surface area (Å²) in [5, 5.41) is 7.93. The number of aromatic nitrogens is 4. The van der Waals surface area contributed by atoms with Crippen LogP contribution in [0.1, 0.15) is 41.4 Å². The third-order valence-electron chi connectivity index (χ3n) is 5.14. The lowest BCUT2D eigenvalue weighted by molar-refractivity contribution is 0.138. The molecule has 0 amide bonds. The molecule has 0 N–H and O–H groups in total. The fourth-order valence-electron chi connectivity index (χ4n) is 3.70. The molecule has 1 saturated heterocycles. The summed E-state index contributed by atoms with van der Waals surface area (Å²) >= 11 is 0.906. The number of hydrogen-bond donors (Lipinski definition) is 0. The Morgan fingerprint density at radius 1 is 1.17 bits per heavy atom. The first-order valence-corrected chi connectivity index (χ1v) is 11.8. The average molecular weight is 452 g/mol. The minimum absolute atomic E-state index is 0.0255. The van der Waals surface area contributed by atoms with Gasteiger partial charge in [0.05, 0.1) is 6.20 Å². The highest BCUT2D eigenvalue weighted by Crippen LogP contribution is 2.33. The predicted octanol–water partition coefficient (Wildman–Crippen LogP) is 3.31. The molecule has 158 valence electrons. The van der Waals surface area contributed by atoms with Gasteiger partial charge in [0.25, 0.3) is 0 Å². The predicted molar refractivity (Wildman–Crippen MR) is 106 cm³/mol. The van der Waals surface area contributed by atoms with Gasteiger partial charge in [-0.2, -0.15) is 14.6 Å². The molecular formula is C19H19F2N5O2S2. The van der Waals surface area contributed by atoms with Gasteiger partial charge in [-0.1, -0.05) is 6.42 Å². The SMILES string of the molecule is O=S(=O)(Cc1ncns1)c1cc(F)c(CN2CCCC[C@@H]2c2ccnnc2)cc1F. The van der Waals surface area contributed by atoms with Crippen molar-refractivity contribution in [3.63, 3.8) is 0 Å². The van der Waals surface area contributed by atoms with E-state index < -0.39 is 32.1 Å². The Morgan fingerprint density at radius 2 is 2.03 bits per heavy atom. The highest BCUT2D eigenvalue weighted by atomic mass is 32.2. The van der Waals surface area contributed by atoms with E-state index in [1.165, 1.54) is 6.33 Å². The normalized spacial score (nSPS) is 17.9. The Labute approximate surface area is 176 Å². The largest absolute Gasteiger partial charge is 0.292 e. The van der Waals surface area contributed by atoms with Crippen LogP contribution in [0.15, 0.2) is 41.8 Å². The fraction of sp³-hybridized carbons (Fsp3) is 0.368. The Morgan fingerprint density at radius 3 is 2.77 bits per heavy atom. The molecule has 1 aliphatic rings. The number of benzene rings is 1. The van der Waals surface area contributed by atoms with E-state index in [0.29, 0.717) is 0 Å². The molecule has 1 aliphatic heterocycles. The van der Waals surface area contributed by atoms with Gasteiger partial charge in [-0.15, -0.1) is 0 Å². The number of piperidine rings is 1. The molecule has 3 aromatic rings. The van der Waals surface area contributed by atoms with Gasteiger partial charge >= 0.3 is 0 Å². The Bertz CT molecular complexity index is 1110. The monoisotopic (exact) mass is 451 g/mol. The van der Waals surface area contributed by atoms with E-state index in [4.69, 9.17) is 0 Å². The summed E-state index contributed by atoms with van der Waals surface area (Å²) in [6.45, 7) is 0.900. The van der Waals surface area contributed by atoms with Crippen LogP contribution >= 0.6 is 11.5 Å². The second-order valence-electron chi connectivity index (χ2n) is 7.13. The second kappa shape index (κ2) is 8.78. The van der Waals surface area contributed by atoms with Crippen molar-refractivity contribution in [3.05, 3.63) is 64.7 Å². The van der Waals surface area contributed by atoms with E-state index in [0.717, 1.165) is 55.0 Å². The second-order valence-corrected chi connectivity index (χ2v) is 9.95. The van der Waals surface area contributed by atoms with E-state index in [-0.39, 0.29) is 23.2 Å². The molecule has 11 heteroatoms. The van der Waals surface area contributed by atoms with Crippen LogP contribution in [0.4, 0.5) is 8.78 Å². The molecule has 1 fully saturated rings. The summed E-state index contributed by atoms with van der Waals surface area (Å²) < 4.78 is 58.3. The zero-order chi connectivity index (χ0) is 21.1. The number of hydrogen-bond acceptors (Lipinski definition) is 8. The highest BCUT2D eigenvalue weighted by Gasteiger charge is 2.28. The number of halogens is 2. The van der Waals surface area contributed by atoms with Crippen LogP contribution in [0, 0.1) is 11.6 Å². The van der Waals surface area contributed by atoms with Crippen molar-refractivity contribution in [2.24, 2.45) is 0 Å². The standard InChI is InChI=1S/C19H19F2N5O2S2/c20-15-8-18(30(27,28)11-19-22-12-25-29-19)16(21)7-14(15)10-26-6-2-1-3-17(26)13-4-5-23-24-9-13/h4-5,7-9,12,17H,1-3,6,10-11H2/t17-/m1/s1. The third-order valence-corrected chi connectivity index (χ3v) is 7.61. The van der Waals surface area contributed by atoms with E-state index >= 15 is 0 Å². The lowest BCUT2D eigenvalue weighted by Crippen LogP contribution is -2.33. The minimum Gasteiger partial charge on any atom is -0.292 e. The van der Waals surface area contributed by atoms with Gasteiger partial charge in [-0.25, -0.2) is 22.2 Å². The highest BCUT2D eigenvalue weighted by molar-refractivity contribution is 7.90. The van der Waals surface area contributed by atoms with Gasteiger partial charge in [0.2, 0.25) is 0 Å². The molecule has 0 unspecified atom stereocenters. The zero-order valence-corrected chi connectivity index (χ0v) is 17.5. The first-order valence-electron chi connectivity index (χ1n) is 9.41. The van der Waals surface area contributed by atoms with Crippen LogP contribution in [-0.2, 0) is 22.1 Å². The maximum absolute atomic E-state index is 14.8. The van der Waals surface area contributed by atoms with Crippen molar-refractivity contribution in [1.29, 1.82) is 0 Å². The van der Waals surface area contributed by atoms with Gasteiger partial charge in [0.15, 0.2) is 9.84 Å². The van der Waals surface area contributed by atoms with Gasteiger partial charge in [0.1, 0.15) is 33.6 Å². The summed E-state index contributed by atoms with van der Waals surface area (Å²) in [5.74, 6) is -2.23. The van der Waals surface area contributed by atoms with Crippen LogP contribution in [-0.4, -0.2) is 39.4 Å². The first-order chi connectivity index (χ1) is 14.4. The fourth-order valence-corrected chi connectivity index (χ4v) is 5.88. The summed E-state index contributed by atoms with van der Waals surface area (Å²) in [5.41, 5.74) is 1.10.